The number of carbonyl (C=O) groups excluding carboxylic acids is 3. The van der Waals surface area contributed by atoms with Gasteiger partial charge in [0.25, 0.3) is 5.91 Å². The molecule has 11 nitrogen and oxygen atoms in total. The second-order valence-corrected chi connectivity index (χ2v) is 14.0. The predicted molar refractivity (Wildman–Crippen MR) is 162 cm³/mol. The van der Waals surface area contributed by atoms with E-state index < -0.39 is 73.7 Å². The van der Waals surface area contributed by atoms with Crippen molar-refractivity contribution in [1.29, 1.82) is 0 Å². The van der Waals surface area contributed by atoms with E-state index in [1.807, 2.05) is 0 Å². The Morgan fingerprint density at radius 3 is 2.30 bits per heavy atom. The zero-order valence-electron chi connectivity index (χ0n) is 23.1. The Morgan fingerprint density at radius 1 is 0.978 bits per heavy atom. The number of H-pyrrole nitrogens is 1. The van der Waals surface area contributed by atoms with Crippen molar-refractivity contribution in [2.45, 2.75) is 27.3 Å². The van der Waals surface area contributed by atoms with Gasteiger partial charge in [-0.05, 0) is 54.1 Å². The number of aromatic nitrogens is 1. The monoisotopic (exact) mass is 690 g/mol. The minimum atomic E-state index is -4.81. The van der Waals surface area contributed by atoms with Crippen molar-refractivity contribution in [3.63, 3.8) is 0 Å². The van der Waals surface area contributed by atoms with Gasteiger partial charge in [-0.15, -0.1) is 0 Å². The van der Waals surface area contributed by atoms with Crippen LogP contribution in [0.25, 0.3) is 0 Å². The lowest BCUT2D eigenvalue weighted by Crippen LogP contribution is -2.33. The van der Waals surface area contributed by atoms with Gasteiger partial charge in [-0.1, -0.05) is 47.4 Å². The van der Waals surface area contributed by atoms with Crippen LogP contribution in [0.2, 0.25) is 0 Å². The number of halogens is 3. The number of thioether (sulfide) groups is 1. The molecule has 0 aliphatic carbocycles. The highest BCUT2D eigenvalue weighted by molar-refractivity contribution is 8.00. The number of sulfonamides is 1. The van der Waals surface area contributed by atoms with Crippen LogP contribution >= 0.6 is 23.1 Å². The van der Waals surface area contributed by atoms with E-state index in [1.165, 1.54) is 48.5 Å². The molecule has 0 spiro atoms. The lowest BCUT2D eigenvalue weighted by atomic mass is 9.83. The number of primary sulfonamides is 1. The lowest BCUT2D eigenvalue weighted by molar-refractivity contribution is -0.137. The third-order valence-corrected chi connectivity index (χ3v) is 10.7. The third-order valence-electron chi connectivity index (χ3n) is 7.35. The lowest BCUT2D eigenvalue weighted by Gasteiger charge is -2.29. The number of anilines is 2. The van der Waals surface area contributed by atoms with E-state index in [9.17, 15) is 40.8 Å². The van der Waals surface area contributed by atoms with Crippen molar-refractivity contribution in [2.75, 3.05) is 16.8 Å². The van der Waals surface area contributed by atoms with Crippen LogP contribution in [0.3, 0.4) is 0 Å². The second kappa shape index (κ2) is 11.7. The number of benzene rings is 3. The van der Waals surface area contributed by atoms with Crippen molar-refractivity contribution >= 4 is 62.2 Å². The normalized spacial score (nSPS) is 19.5. The summed E-state index contributed by atoms with van der Waals surface area (Å²) in [5, 5.41) is 6.90. The van der Waals surface area contributed by atoms with Crippen LogP contribution < -0.4 is 25.0 Å². The molecule has 1 fully saturated rings. The molecule has 3 amide bonds. The van der Waals surface area contributed by atoms with Crippen molar-refractivity contribution in [1.82, 2.24) is 4.98 Å². The van der Waals surface area contributed by atoms with Crippen LogP contribution in [0.4, 0.5) is 24.5 Å². The summed E-state index contributed by atoms with van der Waals surface area (Å²) in [5.74, 6) is -3.84. The molecule has 3 atom stereocenters. The Hall–Kier alpha value is -4.45. The molecule has 4 aromatic rings. The topological polar surface area (TPSA) is 169 Å². The summed E-state index contributed by atoms with van der Waals surface area (Å²) in [6.45, 7) is -0.412. The van der Waals surface area contributed by atoms with Crippen molar-refractivity contribution in [2.24, 2.45) is 11.1 Å². The summed E-state index contributed by atoms with van der Waals surface area (Å²) in [6.07, 6.45) is -4.81. The van der Waals surface area contributed by atoms with Crippen molar-refractivity contribution in [3.05, 3.63) is 98.5 Å². The molecule has 17 heteroatoms. The van der Waals surface area contributed by atoms with Crippen LogP contribution in [-0.2, 0) is 30.6 Å². The van der Waals surface area contributed by atoms with E-state index in [-0.39, 0.29) is 10.6 Å². The number of aromatic amines is 1. The van der Waals surface area contributed by atoms with Gasteiger partial charge in [-0.25, -0.2) is 18.5 Å². The molecule has 1 saturated heterocycles. The van der Waals surface area contributed by atoms with Crippen LogP contribution in [0.1, 0.15) is 21.9 Å². The number of amides is 3. The highest BCUT2D eigenvalue weighted by Gasteiger charge is 2.57. The fraction of sp³-hybridized carbons (Fsp3) is 0.172. The number of ether oxygens (including phenoxy) is 1. The molecule has 46 heavy (non-hydrogen) atoms. The highest BCUT2D eigenvalue weighted by Crippen LogP contribution is 2.54. The molecule has 6 rings (SSSR count). The zero-order chi connectivity index (χ0) is 33.0. The summed E-state index contributed by atoms with van der Waals surface area (Å²) in [5.41, 5.74) is -0.861. The Kier molecular flexibility index (Phi) is 8.04. The standard InChI is InChI=1S/C29H21F3N4O7S3/c30-29(31,32)18-3-1-2-4-19(18)36-26(38)22-21(23-25(35-28(40)45-23)44-24(22)27(36)39)14-5-9-16(10-6-14)43-13-20(37)34-15-7-11-17(12-8-15)46(33,41)42/h1-12,21-22,24H,13H2,(H,34,37)(H,35,40)(H2,33,41,42). The molecule has 4 N–H and O–H groups in total. The first-order valence-corrected chi connectivity index (χ1v) is 16.6. The Bertz CT molecular complexity index is 2030. The number of thiazole rings is 1. The van der Waals surface area contributed by atoms with E-state index in [4.69, 9.17) is 9.88 Å². The number of hydrogen-bond acceptors (Lipinski definition) is 9. The van der Waals surface area contributed by atoms with Gasteiger partial charge in [0, 0.05) is 16.5 Å². The summed E-state index contributed by atoms with van der Waals surface area (Å²) < 4.78 is 69.9. The summed E-state index contributed by atoms with van der Waals surface area (Å²) in [6, 6.07) is 15.8. The summed E-state index contributed by atoms with van der Waals surface area (Å²) in [7, 11) is -3.89. The summed E-state index contributed by atoms with van der Waals surface area (Å²) >= 11 is 1.80. The molecule has 2 aliphatic heterocycles. The van der Waals surface area contributed by atoms with E-state index >= 15 is 0 Å². The molecule has 1 aromatic heterocycles. The molecule has 2 aliphatic rings. The number of para-hydroxylation sites is 1. The van der Waals surface area contributed by atoms with Gasteiger partial charge in [0.1, 0.15) is 11.0 Å². The number of imide groups is 1. The molecule has 0 bridgehead atoms. The highest BCUT2D eigenvalue weighted by atomic mass is 32.2. The van der Waals surface area contributed by atoms with E-state index in [2.05, 4.69) is 10.3 Å². The number of rotatable bonds is 7. The molecule has 0 radical (unpaired) electrons. The fourth-order valence-electron chi connectivity index (χ4n) is 5.37. The van der Waals surface area contributed by atoms with Crippen molar-refractivity contribution < 1.29 is 40.7 Å². The van der Waals surface area contributed by atoms with Crippen molar-refractivity contribution in [3.8, 4) is 5.75 Å². The average molecular weight is 691 g/mol. The summed E-state index contributed by atoms with van der Waals surface area (Å²) in [4.78, 5) is 55.3. The first-order valence-electron chi connectivity index (χ1n) is 13.3. The Labute approximate surface area is 266 Å². The number of fused-ring (bicyclic) bond motifs is 2. The third kappa shape index (κ3) is 5.93. The molecule has 3 unspecified atom stereocenters. The molecular formula is C29H21F3N4O7S3. The Balaban J connectivity index is 1.23. The van der Waals surface area contributed by atoms with Gasteiger partial charge in [-0.3, -0.25) is 19.2 Å². The second-order valence-electron chi connectivity index (χ2n) is 10.3. The minimum absolute atomic E-state index is 0.119. The number of nitrogens with zero attached hydrogens (tertiary/aromatic N) is 1. The van der Waals surface area contributed by atoms with Gasteiger partial charge in [0.05, 0.1) is 27.1 Å². The number of nitrogens with two attached hydrogens (primary N) is 1. The smallest absolute Gasteiger partial charge is 0.418 e. The fourth-order valence-corrected chi connectivity index (χ4v) is 8.40. The Morgan fingerprint density at radius 2 is 1.65 bits per heavy atom. The zero-order valence-corrected chi connectivity index (χ0v) is 25.6. The van der Waals surface area contributed by atoms with Crippen LogP contribution in [0.5, 0.6) is 5.75 Å². The van der Waals surface area contributed by atoms with E-state index in [1.54, 1.807) is 12.1 Å². The van der Waals surface area contributed by atoms with Gasteiger partial charge in [0.2, 0.25) is 21.8 Å². The molecule has 0 saturated carbocycles. The number of carbonyl (C=O) groups is 3. The first kappa shape index (κ1) is 31.5. The largest absolute Gasteiger partial charge is 0.484 e. The van der Waals surface area contributed by atoms with E-state index in [0.717, 1.165) is 35.2 Å². The van der Waals surface area contributed by atoms with Gasteiger partial charge >= 0.3 is 11.0 Å². The van der Waals surface area contributed by atoms with Gasteiger partial charge < -0.3 is 15.0 Å². The molecule has 3 aromatic carbocycles. The molecule has 238 valence electrons. The maximum absolute atomic E-state index is 13.8. The average Bonchev–Trinajstić information content (AvgIpc) is 3.49. The number of nitrogens with one attached hydrogen (secondary N) is 2. The number of hydrogen-bond donors (Lipinski definition) is 3. The molecular weight excluding hydrogens is 670 g/mol. The van der Waals surface area contributed by atoms with Crippen LogP contribution in [0.15, 0.2) is 87.5 Å². The minimum Gasteiger partial charge on any atom is -0.484 e. The maximum Gasteiger partial charge on any atom is 0.418 e. The van der Waals surface area contributed by atoms with Crippen LogP contribution in [-0.4, -0.2) is 43.0 Å². The number of alkyl halides is 3. The quantitative estimate of drug-likeness (QED) is 0.245. The van der Waals surface area contributed by atoms with Gasteiger partial charge in [-0.2, -0.15) is 13.2 Å². The SMILES string of the molecule is NS(=O)(=O)c1ccc(NC(=O)COc2ccc(C3c4sc(=O)[nH]c4SC4C(=O)N(c5ccccc5C(F)(F)F)C(=O)C43)cc2)cc1. The van der Waals surface area contributed by atoms with Gasteiger partial charge in [0.15, 0.2) is 6.61 Å². The van der Waals surface area contributed by atoms with E-state index in [0.29, 0.717) is 26.1 Å². The first-order chi connectivity index (χ1) is 21.7. The predicted octanol–water partition coefficient (Wildman–Crippen LogP) is 3.92. The van der Waals surface area contributed by atoms with Crippen LogP contribution in [0, 0.1) is 5.92 Å². The molecule has 3 heterocycles. The maximum atomic E-state index is 13.8.